The first-order valence-electron chi connectivity index (χ1n) is 7.38. The average Bonchev–Trinajstić information content (AvgIpc) is 2.87. The van der Waals surface area contributed by atoms with Gasteiger partial charge < -0.3 is 4.74 Å². The SMILES string of the molecule is CC(=O)Oc1cc(C)cc2c1c(-c1ccccc1)cn2C(C)=O. The van der Waals surface area contributed by atoms with Crippen molar-refractivity contribution in [2.24, 2.45) is 0 Å². The highest BCUT2D eigenvalue weighted by Gasteiger charge is 2.18. The topological polar surface area (TPSA) is 48.3 Å². The predicted octanol–water partition coefficient (Wildman–Crippen LogP) is 4.20. The quantitative estimate of drug-likeness (QED) is 0.526. The molecule has 2 aromatic carbocycles. The first-order valence-corrected chi connectivity index (χ1v) is 7.38. The minimum atomic E-state index is -0.383. The standard InChI is InChI=1S/C19H17NO3/c1-12-9-17-19(18(10-12)23-14(3)22)16(11-20(17)13(2)21)15-7-5-4-6-8-15/h4-11H,1-3H3. The highest BCUT2D eigenvalue weighted by molar-refractivity contribution is 6.05. The van der Waals surface area contributed by atoms with Crippen molar-refractivity contribution >= 4 is 22.8 Å². The maximum Gasteiger partial charge on any atom is 0.308 e. The van der Waals surface area contributed by atoms with E-state index in [0.29, 0.717) is 5.75 Å². The Kier molecular flexibility index (Phi) is 3.74. The summed E-state index contributed by atoms with van der Waals surface area (Å²) >= 11 is 0. The van der Waals surface area contributed by atoms with Crippen LogP contribution >= 0.6 is 0 Å². The van der Waals surface area contributed by atoms with Crippen molar-refractivity contribution in [1.82, 2.24) is 4.57 Å². The monoisotopic (exact) mass is 307 g/mol. The predicted molar refractivity (Wildman–Crippen MR) is 89.7 cm³/mol. The van der Waals surface area contributed by atoms with Gasteiger partial charge in [0.1, 0.15) is 5.75 Å². The summed E-state index contributed by atoms with van der Waals surface area (Å²) in [7, 11) is 0. The van der Waals surface area contributed by atoms with Crippen molar-refractivity contribution in [3.8, 4) is 16.9 Å². The molecule has 4 heteroatoms. The molecule has 0 saturated heterocycles. The van der Waals surface area contributed by atoms with Gasteiger partial charge in [0.2, 0.25) is 5.91 Å². The minimum absolute atomic E-state index is 0.0865. The lowest BCUT2D eigenvalue weighted by molar-refractivity contribution is -0.131. The van der Waals surface area contributed by atoms with Crippen molar-refractivity contribution in [2.45, 2.75) is 20.8 Å². The van der Waals surface area contributed by atoms with Crippen LogP contribution in [0.25, 0.3) is 22.0 Å². The fraction of sp³-hybridized carbons (Fsp3) is 0.158. The van der Waals surface area contributed by atoms with Crippen LogP contribution in [0.5, 0.6) is 5.75 Å². The van der Waals surface area contributed by atoms with Gasteiger partial charge in [-0.05, 0) is 30.2 Å². The van der Waals surface area contributed by atoms with Crippen molar-refractivity contribution in [2.75, 3.05) is 0 Å². The first-order chi connectivity index (χ1) is 11.0. The lowest BCUT2D eigenvalue weighted by atomic mass is 10.0. The normalized spacial score (nSPS) is 10.7. The number of esters is 1. The molecule has 0 N–H and O–H groups in total. The molecular formula is C19H17NO3. The lowest BCUT2D eigenvalue weighted by Gasteiger charge is -2.08. The molecule has 23 heavy (non-hydrogen) atoms. The van der Waals surface area contributed by atoms with Gasteiger partial charge in [-0.1, -0.05) is 30.3 Å². The maximum absolute atomic E-state index is 12.0. The van der Waals surface area contributed by atoms with Gasteiger partial charge in [-0.15, -0.1) is 0 Å². The summed E-state index contributed by atoms with van der Waals surface area (Å²) in [5, 5.41) is 0.771. The maximum atomic E-state index is 12.0. The van der Waals surface area contributed by atoms with Crippen molar-refractivity contribution in [1.29, 1.82) is 0 Å². The smallest absolute Gasteiger partial charge is 0.308 e. The van der Waals surface area contributed by atoms with E-state index in [1.807, 2.05) is 49.4 Å². The van der Waals surface area contributed by atoms with Gasteiger partial charge in [-0.25, -0.2) is 0 Å². The van der Waals surface area contributed by atoms with Gasteiger partial charge in [0.05, 0.1) is 10.9 Å². The van der Waals surface area contributed by atoms with Crippen LogP contribution in [0.1, 0.15) is 24.2 Å². The van der Waals surface area contributed by atoms with Gasteiger partial charge in [0, 0.05) is 25.6 Å². The molecule has 1 heterocycles. The largest absolute Gasteiger partial charge is 0.426 e. The molecule has 0 aliphatic rings. The Labute approximate surface area is 134 Å². The van der Waals surface area contributed by atoms with E-state index in [9.17, 15) is 9.59 Å². The molecule has 0 aliphatic carbocycles. The Morgan fingerprint density at radius 2 is 1.74 bits per heavy atom. The summed E-state index contributed by atoms with van der Waals surface area (Å²) in [5.74, 6) is 0.00870. The molecule has 0 fully saturated rings. The van der Waals surface area contributed by atoms with Crippen LogP contribution in [0.4, 0.5) is 0 Å². The molecule has 0 aliphatic heterocycles. The van der Waals surface area contributed by atoms with E-state index in [-0.39, 0.29) is 11.9 Å². The number of aromatic nitrogens is 1. The molecule has 3 rings (SSSR count). The second-order valence-corrected chi connectivity index (χ2v) is 5.55. The van der Waals surface area contributed by atoms with Crippen molar-refractivity contribution in [3.05, 3.63) is 54.2 Å². The van der Waals surface area contributed by atoms with E-state index in [0.717, 1.165) is 27.6 Å². The molecule has 3 aromatic rings. The zero-order valence-electron chi connectivity index (χ0n) is 13.3. The van der Waals surface area contributed by atoms with E-state index in [1.165, 1.54) is 13.8 Å². The van der Waals surface area contributed by atoms with Crippen LogP contribution in [0.2, 0.25) is 0 Å². The lowest BCUT2D eigenvalue weighted by Crippen LogP contribution is -2.04. The summed E-state index contributed by atoms with van der Waals surface area (Å²) in [4.78, 5) is 23.5. The van der Waals surface area contributed by atoms with Crippen LogP contribution in [0, 0.1) is 6.92 Å². The van der Waals surface area contributed by atoms with E-state index < -0.39 is 0 Å². The zero-order chi connectivity index (χ0) is 16.6. The third kappa shape index (κ3) is 2.75. The van der Waals surface area contributed by atoms with Crippen LogP contribution in [-0.4, -0.2) is 16.4 Å². The number of hydrogen-bond donors (Lipinski definition) is 0. The fourth-order valence-electron chi connectivity index (χ4n) is 2.79. The van der Waals surface area contributed by atoms with Crippen LogP contribution < -0.4 is 4.74 Å². The summed E-state index contributed by atoms with van der Waals surface area (Å²) in [6.07, 6.45) is 1.80. The molecule has 4 nitrogen and oxygen atoms in total. The van der Waals surface area contributed by atoms with Crippen LogP contribution in [0.15, 0.2) is 48.7 Å². The Morgan fingerprint density at radius 1 is 1.04 bits per heavy atom. The Morgan fingerprint density at radius 3 is 2.35 bits per heavy atom. The average molecular weight is 307 g/mol. The Balaban J connectivity index is 2.40. The number of benzene rings is 2. The van der Waals surface area contributed by atoms with Crippen molar-refractivity contribution < 1.29 is 14.3 Å². The summed E-state index contributed by atoms with van der Waals surface area (Å²) in [6.45, 7) is 4.80. The molecule has 0 saturated carbocycles. The second-order valence-electron chi connectivity index (χ2n) is 5.55. The Hall–Kier alpha value is -2.88. The number of carbonyl (C=O) groups excluding carboxylic acids is 2. The number of hydrogen-bond acceptors (Lipinski definition) is 3. The third-order valence-corrected chi connectivity index (χ3v) is 3.69. The van der Waals surface area contributed by atoms with Crippen molar-refractivity contribution in [3.63, 3.8) is 0 Å². The Bertz CT molecular complexity index is 907. The number of nitrogens with zero attached hydrogens (tertiary/aromatic N) is 1. The van der Waals surface area contributed by atoms with E-state index in [2.05, 4.69) is 0 Å². The molecule has 0 radical (unpaired) electrons. The molecule has 0 spiro atoms. The van der Waals surface area contributed by atoms with Gasteiger partial charge in [-0.3, -0.25) is 14.2 Å². The van der Waals surface area contributed by atoms with E-state index in [4.69, 9.17) is 4.74 Å². The van der Waals surface area contributed by atoms with Gasteiger partial charge >= 0.3 is 5.97 Å². The second kappa shape index (κ2) is 5.72. The fourth-order valence-corrected chi connectivity index (χ4v) is 2.79. The van der Waals surface area contributed by atoms with Gasteiger partial charge in [0.15, 0.2) is 0 Å². The third-order valence-electron chi connectivity index (χ3n) is 3.69. The summed E-state index contributed by atoms with van der Waals surface area (Å²) in [6, 6.07) is 13.5. The zero-order valence-corrected chi connectivity index (χ0v) is 13.3. The number of carbonyl (C=O) groups is 2. The minimum Gasteiger partial charge on any atom is -0.426 e. The summed E-state index contributed by atoms with van der Waals surface area (Å²) < 4.78 is 6.99. The number of aryl methyl sites for hydroxylation is 1. The molecule has 116 valence electrons. The molecule has 0 unspecified atom stereocenters. The van der Waals surface area contributed by atoms with Crippen LogP contribution in [-0.2, 0) is 4.79 Å². The number of ether oxygens (including phenoxy) is 1. The first kappa shape index (κ1) is 15.0. The van der Waals surface area contributed by atoms with Gasteiger partial charge in [0.25, 0.3) is 0 Å². The van der Waals surface area contributed by atoms with Crippen LogP contribution in [0.3, 0.4) is 0 Å². The molecule has 0 bridgehead atoms. The van der Waals surface area contributed by atoms with Gasteiger partial charge in [-0.2, -0.15) is 0 Å². The highest BCUT2D eigenvalue weighted by Crippen LogP contribution is 2.38. The molecule has 0 amide bonds. The highest BCUT2D eigenvalue weighted by atomic mass is 16.5. The molecule has 1 aromatic heterocycles. The molecule has 0 atom stereocenters. The van der Waals surface area contributed by atoms with E-state index >= 15 is 0 Å². The molecular weight excluding hydrogens is 290 g/mol. The number of fused-ring (bicyclic) bond motifs is 1. The number of rotatable bonds is 2. The summed E-state index contributed by atoms with van der Waals surface area (Å²) in [5.41, 5.74) is 3.50. The van der Waals surface area contributed by atoms with E-state index in [1.54, 1.807) is 10.8 Å².